The van der Waals surface area contributed by atoms with Gasteiger partial charge in [0.05, 0.1) is 0 Å². The Morgan fingerprint density at radius 1 is 1.04 bits per heavy atom. The number of carbonyl (C=O) groups excluding carboxylic acids is 1. The maximum absolute atomic E-state index is 12.1. The summed E-state index contributed by atoms with van der Waals surface area (Å²) >= 11 is 0. The zero-order chi connectivity index (χ0) is 17.8. The smallest absolute Gasteiger partial charge is 0.339 e. The number of aromatic carboxylic acids is 1. The fourth-order valence-electron chi connectivity index (χ4n) is 2.62. The topological polar surface area (TPSA) is 75.6 Å². The molecule has 3 aromatic carbocycles. The Morgan fingerprint density at radius 3 is 2.60 bits per heavy atom. The van der Waals surface area contributed by atoms with E-state index >= 15 is 0 Å². The standard InChI is InChI=1S/C20H17NO4/c1-13-5-4-7-15(11-13)21-18(22)12-25-19-16-8-3-2-6-14(16)9-10-17(19)20(23)24/h2-11H,12H2,1H3,(H,21,22)(H,23,24). The van der Waals surface area contributed by atoms with Gasteiger partial charge in [0.1, 0.15) is 11.3 Å². The lowest BCUT2D eigenvalue weighted by molar-refractivity contribution is -0.118. The highest BCUT2D eigenvalue weighted by Gasteiger charge is 2.16. The first-order valence-electron chi connectivity index (χ1n) is 7.79. The van der Waals surface area contributed by atoms with Crippen molar-refractivity contribution in [2.24, 2.45) is 0 Å². The van der Waals surface area contributed by atoms with Crippen LogP contribution in [0.25, 0.3) is 10.8 Å². The van der Waals surface area contributed by atoms with Gasteiger partial charge in [-0.05, 0) is 36.1 Å². The molecule has 0 atom stereocenters. The Morgan fingerprint density at radius 2 is 1.84 bits per heavy atom. The Kier molecular flexibility index (Phi) is 4.66. The number of amides is 1. The summed E-state index contributed by atoms with van der Waals surface area (Å²) in [6.45, 7) is 1.66. The van der Waals surface area contributed by atoms with Crippen LogP contribution in [0.5, 0.6) is 5.75 Å². The highest BCUT2D eigenvalue weighted by Crippen LogP contribution is 2.30. The van der Waals surface area contributed by atoms with Gasteiger partial charge >= 0.3 is 5.97 Å². The molecule has 0 saturated carbocycles. The van der Waals surface area contributed by atoms with Gasteiger partial charge < -0.3 is 15.2 Å². The Labute approximate surface area is 144 Å². The molecule has 0 aliphatic carbocycles. The van der Waals surface area contributed by atoms with Crippen LogP contribution < -0.4 is 10.1 Å². The third-order valence-electron chi connectivity index (χ3n) is 3.76. The number of hydrogen-bond donors (Lipinski definition) is 2. The first kappa shape index (κ1) is 16.5. The Bertz CT molecular complexity index is 949. The van der Waals surface area contributed by atoms with Crippen LogP contribution in [-0.2, 0) is 4.79 Å². The van der Waals surface area contributed by atoms with Crippen LogP contribution in [0.15, 0.2) is 60.7 Å². The fraction of sp³-hybridized carbons (Fsp3) is 0.100. The third kappa shape index (κ3) is 3.77. The lowest BCUT2D eigenvalue weighted by Crippen LogP contribution is -2.21. The highest BCUT2D eigenvalue weighted by molar-refractivity contribution is 6.01. The average molecular weight is 335 g/mol. The molecule has 0 bridgehead atoms. The van der Waals surface area contributed by atoms with E-state index in [4.69, 9.17) is 4.74 Å². The molecule has 0 heterocycles. The molecule has 0 fully saturated rings. The monoisotopic (exact) mass is 335 g/mol. The molecular weight excluding hydrogens is 318 g/mol. The predicted octanol–water partition coefficient (Wildman–Crippen LogP) is 3.86. The van der Waals surface area contributed by atoms with Crippen molar-refractivity contribution in [3.63, 3.8) is 0 Å². The SMILES string of the molecule is Cc1cccc(NC(=O)COc2c(C(=O)O)ccc3ccccc23)c1. The largest absolute Gasteiger partial charge is 0.482 e. The van der Waals surface area contributed by atoms with Crippen molar-refractivity contribution in [3.05, 3.63) is 71.8 Å². The average Bonchev–Trinajstić information content (AvgIpc) is 2.59. The van der Waals surface area contributed by atoms with Crippen LogP contribution >= 0.6 is 0 Å². The van der Waals surface area contributed by atoms with E-state index in [1.54, 1.807) is 24.3 Å². The summed E-state index contributed by atoms with van der Waals surface area (Å²) in [6.07, 6.45) is 0. The number of benzene rings is 3. The van der Waals surface area contributed by atoms with Crippen molar-refractivity contribution in [3.8, 4) is 5.75 Å². The van der Waals surface area contributed by atoms with Gasteiger partial charge in [-0.3, -0.25) is 4.79 Å². The second-order valence-corrected chi connectivity index (χ2v) is 5.67. The summed E-state index contributed by atoms with van der Waals surface area (Å²) in [6, 6.07) is 17.9. The summed E-state index contributed by atoms with van der Waals surface area (Å²) < 4.78 is 5.58. The Balaban J connectivity index is 1.81. The lowest BCUT2D eigenvalue weighted by atomic mass is 10.1. The second-order valence-electron chi connectivity index (χ2n) is 5.67. The van der Waals surface area contributed by atoms with E-state index in [-0.39, 0.29) is 23.8 Å². The number of carboxylic acid groups (broad SMARTS) is 1. The van der Waals surface area contributed by atoms with Gasteiger partial charge in [-0.2, -0.15) is 0 Å². The number of ether oxygens (including phenoxy) is 1. The molecule has 3 aromatic rings. The summed E-state index contributed by atoms with van der Waals surface area (Å²) in [7, 11) is 0. The molecule has 0 spiro atoms. The maximum atomic E-state index is 12.1. The van der Waals surface area contributed by atoms with E-state index in [0.717, 1.165) is 10.9 Å². The summed E-state index contributed by atoms with van der Waals surface area (Å²) in [5.41, 5.74) is 1.73. The molecule has 0 radical (unpaired) electrons. The molecule has 0 aliphatic heterocycles. The molecule has 2 N–H and O–H groups in total. The van der Waals surface area contributed by atoms with Crippen molar-refractivity contribution in [2.75, 3.05) is 11.9 Å². The van der Waals surface area contributed by atoms with Crippen LogP contribution in [0.3, 0.4) is 0 Å². The van der Waals surface area contributed by atoms with E-state index in [9.17, 15) is 14.7 Å². The van der Waals surface area contributed by atoms with Gasteiger partial charge in [-0.15, -0.1) is 0 Å². The minimum Gasteiger partial charge on any atom is -0.482 e. The maximum Gasteiger partial charge on any atom is 0.339 e. The molecule has 126 valence electrons. The third-order valence-corrected chi connectivity index (χ3v) is 3.76. The summed E-state index contributed by atoms with van der Waals surface area (Å²) in [5, 5.41) is 13.6. The van der Waals surface area contributed by atoms with Crippen molar-refractivity contribution >= 4 is 28.3 Å². The second kappa shape index (κ2) is 7.05. The van der Waals surface area contributed by atoms with E-state index in [1.165, 1.54) is 6.07 Å². The molecule has 3 rings (SSSR count). The molecular formula is C20H17NO4. The van der Waals surface area contributed by atoms with Gasteiger partial charge in [0, 0.05) is 11.1 Å². The van der Waals surface area contributed by atoms with Gasteiger partial charge in [-0.1, -0.05) is 42.5 Å². The number of nitrogens with one attached hydrogen (secondary N) is 1. The zero-order valence-electron chi connectivity index (χ0n) is 13.7. The van der Waals surface area contributed by atoms with Gasteiger partial charge in [-0.25, -0.2) is 4.79 Å². The van der Waals surface area contributed by atoms with Crippen LogP contribution in [0.2, 0.25) is 0 Å². The predicted molar refractivity (Wildman–Crippen MR) is 96.2 cm³/mol. The molecule has 1 amide bonds. The van der Waals surface area contributed by atoms with Crippen molar-refractivity contribution in [1.82, 2.24) is 0 Å². The van der Waals surface area contributed by atoms with Crippen LogP contribution in [0.1, 0.15) is 15.9 Å². The molecule has 25 heavy (non-hydrogen) atoms. The highest BCUT2D eigenvalue weighted by atomic mass is 16.5. The van der Waals surface area contributed by atoms with Crippen LogP contribution in [0.4, 0.5) is 5.69 Å². The number of anilines is 1. The molecule has 0 saturated heterocycles. The number of fused-ring (bicyclic) bond motifs is 1. The van der Waals surface area contributed by atoms with Crippen molar-refractivity contribution < 1.29 is 19.4 Å². The van der Waals surface area contributed by atoms with Gasteiger partial charge in [0.25, 0.3) is 5.91 Å². The number of carboxylic acids is 1. The zero-order valence-corrected chi connectivity index (χ0v) is 13.7. The first-order chi connectivity index (χ1) is 12.0. The fourth-order valence-corrected chi connectivity index (χ4v) is 2.62. The van der Waals surface area contributed by atoms with E-state index < -0.39 is 5.97 Å². The minimum atomic E-state index is -1.10. The first-order valence-corrected chi connectivity index (χ1v) is 7.79. The number of carbonyl (C=O) groups is 2. The number of hydrogen-bond acceptors (Lipinski definition) is 3. The molecule has 0 aliphatic rings. The number of rotatable bonds is 5. The number of aryl methyl sites for hydroxylation is 1. The quantitative estimate of drug-likeness (QED) is 0.742. The molecule has 0 unspecified atom stereocenters. The van der Waals surface area contributed by atoms with Crippen LogP contribution in [-0.4, -0.2) is 23.6 Å². The minimum absolute atomic E-state index is 0.0297. The molecule has 5 nitrogen and oxygen atoms in total. The molecule has 5 heteroatoms. The van der Waals surface area contributed by atoms with Crippen molar-refractivity contribution in [1.29, 1.82) is 0 Å². The molecule has 0 aromatic heterocycles. The van der Waals surface area contributed by atoms with Gasteiger partial charge in [0.2, 0.25) is 0 Å². The lowest BCUT2D eigenvalue weighted by Gasteiger charge is -2.12. The van der Waals surface area contributed by atoms with Crippen LogP contribution in [0, 0.1) is 6.92 Å². The Hall–Kier alpha value is -3.34. The summed E-state index contributed by atoms with van der Waals surface area (Å²) in [4.78, 5) is 23.6. The van der Waals surface area contributed by atoms with E-state index in [1.807, 2.05) is 37.3 Å². The van der Waals surface area contributed by atoms with Crippen molar-refractivity contribution in [2.45, 2.75) is 6.92 Å². The summed E-state index contributed by atoms with van der Waals surface area (Å²) in [5.74, 6) is -1.25. The van der Waals surface area contributed by atoms with E-state index in [0.29, 0.717) is 11.1 Å². The normalized spacial score (nSPS) is 10.4. The van der Waals surface area contributed by atoms with E-state index in [2.05, 4.69) is 5.32 Å². The van der Waals surface area contributed by atoms with Gasteiger partial charge in [0.15, 0.2) is 6.61 Å².